The van der Waals surface area contributed by atoms with Crippen molar-refractivity contribution < 1.29 is 14.2 Å². The summed E-state index contributed by atoms with van der Waals surface area (Å²) in [5, 5.41) is 10.4. The number of halogens is 1. The molecule has 3 aliphatic heterocycles. The number of aliphatic hydroxyl groups excluding tert-OH is 1. The molecule has 1 aromatic rings. The fraction of sp³-hybridized carbons (Fsp3) is 0.600. The minimum Gasteiger partial charge on any atom is -0.494 e. The van der Waals surface area contributed by atoms with E-state index in [-0.39, 0.29) is 17.6 Å². The van der Waals surface area contributed by atoms with Crippen molar-refractivity contribution in [1.82, 2.24) is 9.80 Å². The maximum atomic E-state index is 13.7. The molecule has 0 spiro atoms. The molecule has 4 rings (SSSR count). The Morgan fingerprint density at radius 1 is 1.35 bits per heavy atom. The van der Waals surface area contributed by atoms with Crippen LogP contribution in [-0.4, -0.2) is 66.9 Å². The topological polar surface area (TPSA) is 35.9 Å². The third-order valence-corrected chi connectivity index (χ3v) is 4.43. The van der Waals surface area contributed by atoms with Crippen LogP contribution in [-0.2, 0) is 6.42 Å². The molecule has 20 heavy (non-hydrogen) atoms. The fourth-order valence-corrected chi connectivity index (χ4v) is 3.24. The summed E-state index contributed by atoms with van der Waals surface area (Å²) < 4.78 is 18.6. The van der Waals surface area contributed by atoms with Crippen molar-refractivity contribution in [1.29, 1.82) is 0 Å². The Bertz CT molecular complexity index is 475. The lowest BCUT2D eigenvalue weighted by Gasteiger charge is -2.49. The lowest BCUT2D eigenvalue weighted by molar-refractivity contribution is -0.0453. The average molecular weight is 280 g/mol. The Kier molecular flexibility index (Phi) is 3.92. The van der Waals surface area contributed by atoms with Crippen LogP contribution in [0.15, 0.2) is 18.2 Å². The van der Waals surface area contributed by atoms with Crippen LogP contribution in [0.1, 0.15) is 5.56 Å². The van der Waals surface area contributed by atoms with E-state index < -0.39 is 6.10 Å². The van der Waals surface area contributed by atoms with Crippen molar-refractivity contribution in [2.75, 3.05) is 39.8 Å². The fourth-order valence-electron chi connectivity index (χ4n) is 3.24. The first kappa shape index (κ1) is 13.8. The summed E-state index contributed by atoms with van der Waals surface area (Å²) in [4.78, 5) is 4.74. The number of hydrogen-bond acceptors (Lipinski definition) is 4. The maximum Gasteiger partial charge on any atom is 0.165 e. The van der Waals surface area contributed by atoms with E-state index in [1.54, 1.807) is 6.07 Å². The average Bonchev–Trinajstić information content (AvgIpc) is 2.48. The Hall–Kier alpha value is -1.17. The van der Waals surface area contributed by atoms with Crippen LogP contribution in [0.5, 0.6) is 5.75 Å². The molecule has 3 saturated heterocycles. The lowest BCUT2D eigenvalue weighted by atomic mass is 9.96. The van der Waals surface area contributed by atoms with Gasteiger partial charge in [-0.2, -0.15) is 0 Å². The van der Waals surface area contributed by atoms with Crippen LogP contribution >= 0.6 is 0 Å². The molecular formula is C15H21FN2O2. The second-order valence-corrected chi connectivity index (χ2v) is 5.64. The molecule has 0 saturated carbocycles. The van der Waals surface area contributed by atoms with Crippen molar-refractivity contribution in [3.8, 4) is 5.75 Å². The molecule has 110 valence electrons. The van der Waals surface area contributed by atoms with Gasteiger partial charge in [0, 0.05) is 45.2 Å². The molecule has 3 heterocycles. The third kappa shape index (κ3) is 2.66. The molecule has 2 atom stereocenters. The minimum absolute atomic E-state index is 0.169. The van der Waals surface area contributed by atoms with E-state index in [9.17, 15) is 9.50 Å². The summed E-state index contributed by atoms with van der Waals surface area (Å²) in [5.74, 6) is -0.124. The highest BCUT2D eigenvalue weighted by Gasteiger charge is 2.35. The van der Waals surface area contributed by atoms with E-state index >= 15 is 0 Å². The predicted octanol–water partition coefficient (Wildman–Crippen LogP) is 0.738. The number of fused-ring (bicyclic) bond motifs is 3. The summed E-state index contributed by atoms with van der Waals surface area (Å²) >= 11 is 0. The lowest BCUT2D eigenvalue weighted by Crippen LogP contribution is -2.64. The monoisotopic (exact) mass is 280 g/mol. The van der Waals surface area contributed by atoms with Gasteiger partial charge in [0.1, 0.15) is 0 Å². The molecule has 5 heteroatoms. The van der Waals surface area contributed by atoms with Gasteiger partial charge in [-0.25, -0.2) is 4.39 Å². The zero-order chi connectivity index (χ0) is 14.1. The molecule has 0 aliphatic carbocycles. The largest absolute Gasteiger partial charge is 0.494 e. The van der Waals surface area contributed by atoms with Gasteiger partial charge in [0.25, 0.3) is 0 Å². The van der Waals surface area contributed by atoms with Crippen LogP contribution in [0.4, 0.5) is 4.39 Å². The van der Waals surface area contributed by atoms with E-state index in [0.29, 0.717) is 6.42 Å². The number of piperazine rings is 3. The van der Waals surface area contributed by atoms with Crippen molar-refractivity contribution in [3.05, 3.63) is 29.6 Å². The quantitative estimate of drug-likeness (QED) is 0.882. The highest BCUT2D eigenvalue weighted by molar-refractivity contribution is 5.29. The van der Waals surface area contributed by atoms with Gasteiger partial charge in [-0.05, 0) is 17.7 Å². The number of benzene rings is 1. The molecule has 0 amide bonds. The van der Waals surface area contributed by atoms with Crippen molar-refractivity contribution in [2.45, 2.75) is 18.6 Å². The summed E-state index contributed by atoms with van der Waals surface area (Å²) in [5.41, 5.74) is 0.813. The molecule has 4 nitrogen and oxygen atoms in total. The second kappa shape index (κ2) is 5.68. The first-order chi connectivity index (χ1) is 9.67. The molecule has 1 aromatic carbocycles. The van der Waals surface area contributed by atoms with Gasteiger partial charge in [0.15, 0.2) is 11.6 Å². The van der Waals surface area contributed by atoms with Crippen molar-refractivity contribution in [2.24, 2.45) is 0 Å². The Balaban J connectivity index is 1.66. The van der Waals surface area contributed by atoms with Crippen molar-refractivity contribution >= 4 is 0 Å². The highest BCUT2D eigenvalue weighted by atomic mass is 19.1. The molecule has 2 bridgehead atoms. The number of rotatable bonds is 4. The standard InChI is InChI=1S/C15H21FN2O2/c1-20-15-3-2-11(8-12(15)16)9-14(19)13-10-17-4-6-18(13)7-5-17/h2-3,8,13-14,19H,4-7,9-10H2,1H3. The molecule has 0 radical (unpaired) electrons. The smallest absolute Gasteiger partial charge is 0.165 e. The number of nitrogens with zero attached hydrogens (tertiary/aromatic N) is 2. The summed E-state index contributed by atoms with van der Waals surface area (Å²) in [6.45, 7) is 5.16. The molecule has 0 aromatic heterocycles. The molecule has 3 aliphatic rings. The summed E-state index contributed by atoms with van der Waals surface area (Å²) in [7, 11) is 1.45. The van der Waals surface area contributed by atoms with Gasteiger partial charge in [-0.1, -0.05) is 6.07 Å². The molecule has 1 N–H and O–H groups in total. The second-order valence-electron chi connectivity index (χ2n) is 5.64. The van der Waals surface area contributed by atoms with Gasteiger partial charge >= 0.3 is 0 Å². The van der Waals surface area contributed by atoms with Gasteiger partial charge < -0.3 is 9.84 Å². The van der Waals surface area contributed by atoms with Crippen molar-refractivity contribution in [3.63, 3.8) is 0 Å². The van der Waals surface area contributed by atoms with Gasteiger partial charge in [0.2, 0.25) is 0 Å². The van der Waals surface area contributed by atoms with E-state index in [0.717, 1.165) is 38.3 Å². The van der Waals surface area contributed by atoms with Crippen LogP contribution in [0.25, 0.3) is 0 Å². The minimum atomic E-state index is -0.453. The molecule has 2 unspecified atom stereocenters. The Morgan fingerprint density at radius 3 is 2.65 bits per heavy atom. The maximum absolute atomic E-state index is 13.7. The zero-order valence-corrected chi connectivity index (χ0v) is 11.8. The highest BCUT2D eigenvalue weighted by Crippen LogP contribution is 2.22. The summed E-state index contributed by atoms with van der Waals surface area (Å²) in [6.07, 6.45) is 0.0292. The third-order valence-electron chi connectivity index (χ3n) is 4.43. The Labute approximate surface area is 118 Å². The zero-order valence-electron chi connectivity index (χ0n) is 11.8. The number of ether oxygens (including phenoxy) is 1. The number of methoxy groups -OCH3 is 1. The normalized spacial score (nSPS) is 30.2. The number of hydrogen-bond donors (Lipinski definition) is 1. The van der Waals surface area contributed by atoms with Gasteiger partial charge in [-0.15, -0.1) is 0 Å². The first-order valence-corrected chi connectivity index (χ1v) is 7.14. The van der Waals surface area contributed by atoms with E-state index in [1.807, 2.05) is 6.07 Å². The van der Waals surface area contributed by atoms with Crippen LogP contribution in [0.3, 0.4) is 0 Å². The molecular weight excluding hydrogens is 259 g/mol. The van der Waals surface area contributed by atoms with Crippen LogP contribution in [0, 0.1) is 5.82 Å². The predicted molar refractivity (Wildman–Crippen MR) is 74.5 cm³/mol. The van der Waals surface area contributed by atoms with E-state index in [4.69, 9.17) is 4.74 Å². The van der Waals surface area contributed by atoms with E-state index in [2.05, 4.69) is 9.80 Å². The van der Waals surface area contributed by atoms with Gasteiger partial charge in [0.05, 0.1) is 13.2 Å². The van der Waals surface area contributed by atoms with E-state index in [1.165, 1.54) is 13.2 Å². The SMILES string of the molecule is COc1ccc(CC(O)C2CN3CCN2CC3)cc1F. The van der Waals surface area contributed by atoms with Gasteiger partial charge in [-0.3, -0.25) is 9.80 Å². The molecule has 3 fully saturated rings. The van der Waals surface area contributed by atoms with Crippen LogP contribution in [0.2, 0.25) is 0 Å². The Morgan fingerprint density at radius 2 is 2.10 bits per heavy atom. The first-order valence-electron chi connectivity index (χ1n) is 7.14. The van der Waals surface area contributed by atoms with Crippen LogP contribution < -0.4 is 4.74 Å². The number of aliphatic hydroxyl groups is 1. The summed E-state index contributed by atoms with van der Waals surface area (Å²) in [6, 6.07) is 5.07.